The molecule has 0 bridgehead atoms. The third-order valence-corrected chi connectivity index (χ3v) is 2.80. The van der Waals surface area contributed by atoms with Gasteiger partial charge >= 0.3 is 0 Å². The number of aryl methyl sites for hydroxylation is 1. The Morgan fingerprint density at radius 3 is 2.19 bits per heavy atom. The lowest BCUT2D eigenvalue weighted by molar-refractivity contribution is 0.691. The molecule has 0 aliphatic heterocycles. The van der Waals surface area contributed by atoms with Crippen LogP contribution in [0.15, 0.2) is 54.6 Å². The fourth-order valence-corrected chi connectivity index (χ4v) is 2.02. The molecular weight excluding hydrogens is 194 g/mol. The van der Waals surface area contributed by atoms with Crippen molar-refractivity contribution in [3.63, 3.8) is 0 Å². The van der Waals surface area contributed by atoms with Gasteiger partial charge in [-0.1, -0.05) is 60.2 Å². The highest BCUT2D eigenvalue weighted by Crippen LogP contribution is 2.21. The van der Waals surface area contributed by atoms with Crippen molar-refractivity contribution in [2.75, 3.05) is 7.05 Å². The Morgan fingerprint density at radius 2 is 1.56 bits per heavy atom. The second kappa shape index (κ2) is 4.95. The fourth-order valence-electron chi connectivity index (χ4n) is 2.02. The fraction of sp³-hybridized carbons (Fsp3) is 0.200. The van der Waals surface area contributed by atoms with Crippen LogP contribution in [0.1, 0.15) is 22.7 Å². The van der Waals surface area contributed by atoms with Crippen LogP contribution in [-0.2, 0) is 0 Å². The number of hydrogen-bond donors (Lipinski definition) is 1. The van der Waals surface area contributed by atoms with Gasteiger partial charge in [0.2, 0.25) is 0 Å². The molecule has 0 aromatic heterocycles. The second-order valence-corrected chi connectivity index (χ2v) is 4.05. The molecule has 1 heteroatoms. The molecule has 1 unspecified atom stereocenters. The molecular formula is C15H17N. The summed E-state index contributed by atoms with van der Waals surface area (Å²) in [5.74, 6) is 0. The van der Waals surface area contributed by atoms with Crippen LogP contribution in [0.5, 0.6) is 0 Å². The summed E-state index contributed by atoms with van der Waals surface area (Å²) in [4.78, 5) is 0. The van der Waals surface area contributed by atoms with Crippen LogP contribution in [0, 0.1) is 6.92 Å². The van der Waals surface area contributed by atoms with Crippen LogP contribution in [-0.4, -0.2) is 7.05 Å². The van der Waals surface area contributed by atoms with Crippen LogP contribution in [0.2, 0.25) is 0 Å². The van der Waals surface area contributed by atoms with E-state index in [-0.39, 0.29) is 6.04 Å². The summed E-state index contributed by atoms with van der Waals surface area (Å²) in [5.41, 5.74) is 3.91. The zero-order chi connectivity index (χ0) is 11.4. The van der Waals surface area contributed by atoms with Crippen molar-refractivity contribution < 1.29 is 0 Å². The van der Waals surface area contributed by atoms with E-state index in [0.717, 1.165) is 0 Å². The molecule has 0 fully saturated rings. The van der Waals surface area contributed by atoms with Crippen molar-refractivity contribution in [2.45, 2.75) is 13.0 Å². The number of hydrogen-bond acceptors (Lipinski definition) is 1. The van der Waals surface area contributed by atoms with E-state index in [4.69, 9.17) is 0 Å². The molecule has 0 amide bonds. The van der Waals surface area contributed by atoms with Crippen molar-refractivity contribution in [1.29, 1.82) is 0 Å². The highest BCUT2D eigenvalue weighted by molar-refractivity contribution is 5.33. The summed E-state index contributed by atoms with van der Waals surface area (Å²) in [6, 6.07) is 19.4. The summed E-state index contributed by atoms with van der Waals surface area (Å²) in [6.45, 7) is 2.13. The molecule has 2 aromatic rings. The maximum atomic E-state index is 3.36. The smallest absolute Gasteiger partial charge is 0.0574 e. The quantitative estimate of drug-likeness (QED) is 0.821. The van der Waals surface area contributed by atoms with E-state index in [0.29, 0.717) is 0 Å². The highest BCUT2D eigenvalue weighted by Gasteiger charge is 2.10. The zero-order valence-electron chi connectivity index (χ0n) is 9.77. The first kappa shape index (κ1) is 10.9. The molecule has 0 aliphatic carbocycles. The minimum absolute atomic E-state index is 0.279. The van der Waals surface area contributed by atoms with E-state index < -0.39 is 0 Å². The van der Waals surface area contributed by atoms with Gasteiger partial charge in [-0.15, -0.1) is 0 Å². The van der Waals surface area contributed by atoms with Gasteiger partial charge in [0.1, 0.15) is 0 Å². The second-order valence-electron chi connectivity index (χ2n) is 4.05. The molecule has 0 saturated heterocycles. The van der Waals surface area contributed by atoms with Crippen molar-refractivity contribution in [3.8, 4) is 0 Å². The third kappa shape index (κ3) is 2.31. The Labute approximate surface area is 97.1 Å². The number of benzene rings is 2. The summed E-state index contributed by atoms with van der Waals surface area (Å²) in [5, 5.41) is 3.36. The topological polar surface area (TPSA) is 12.0 Å². The SMILES string of the molecule is CNC(c1ccccc1)c1cccc(C)c1. The molecule has 16 heavy (non-hydrogen) atoms. The van der Waals surface area contributed by atoms with E-state index in [1.54, 1.807) is 0 Å². The lowest BCUT2D eigenvalue weighted by Crippen LogP contribution is -2.17. The number of rotatable bonds is 3. The van der Waals surface area contributed by atoms with Crippen molar-refractivity contribution in [3.05, 3.63) is 71.3 Å². The molecule has 1 atom stereocenters. The molecule has 0 saturated carbocycles. The van der Waals surface area contributed by atoms with Crippen molar-refractivity contribution >= 4 is 0 Å². The van der Waals surface area contributed by atoms with E-state index in [2.05, 4.69) is 60.8 Å². The Bertz CT molecular complexity index is 448. The maximum Gasteiger partial charge on any atom is 0.0574 e. The van der Waals surface area contributed by atoms with Crippen LogP contribution in [0.4, 0.5) is 0 Å². The summed E-state index contributed by atoms with van der Waals surface area (Å²) < 4.78 is 0. The first-order valence-corrected chi connectivity index (χ1v) is 5.60. The molecule has 1 N–H and O–H groups in total. The average molecular weight is 211 g/mol. The predicted molar refractivity (Wildman–Crippen MR) is 68.5 cm³/mol. The monoisotopic (exact) mass is 211 g/mol. The lowest BCUT2D eigenvalue weighted by Gasteiger charge is -2.17. The van der Waals surface area contributed by atoms with Gasteiger partial charge in [-0.2, -0.15) is 0 Å². The van der Waals surface area contributed by atoms with Crippen LogP contribution >= 0.6 is 0 Å². The third-order valence-electron chi connectivity index (χ3n) is 2.80. The van der Waals surface area contributed by atoms with Gasteiger partial charge in [-0.25, -0.2) is 0 Å². The Balaban J connectivity index is 2.37. The van der Waals surface area contributed by atoms with Gasteiger partial charge in [0.25, 0.3) is 0 Å². The number of nitrogens with one attached hydrogen (secondary N) is 1. The molecule has 82 valence electrons. The first-order valence-electron chi connectivity index (χ1n) is 5.60. The highest BCUT2D eigenvalue weighted by atomic mass is 14.9. The maximum absolute atomic E-state index is 3.36. The summed E-state index contributed by atoms with van der Waals surface area (Å²) >= 11 is 0. The predicted octanol–water partition coefficient (Wildman–Crippen LogP) is 3.30. The Hall–Kier alpha value is -1.60. The molecule has 0 heterocycles. The van der Waals surface area contributed by atoms with Gasteiger partial charge in [0.05, 0.1) is 6.04 Å². The van der Waals surface area contributed by atoms with Crippen molar-refractivity contribution in [2.24, 2.45) is 0 Å². The van der Waals surface area contributed by atoms with Crippen LogP contribution in [0.25, 0.3) is 0 Å². The van der Waals surface area contributed by atoms with Crippen molar-refractivity contribution in [1.82, 2.24) is 5.32 Å². The molecule has 2 rings (SSSR count). The largest absolute Gasteiger partial charge is 0.309 e. The van der Waals surface area contributed by atoms with E-state index >= 15 is 0 Å². The van der Waals surface area contributed by atoms with E-state index in [9.17, 15) is 0 Å². The summed E-state index contributed by atoms with van der Waals surface area (Å²) in [6.07, 6.45) is 0. The standard InChI is InChI=1S/C15H17N/c1-12-7-6-10-14(11-12)15(16-2)13-8-4-3-5-9-13/h3-11,15-16H,1-2H3. The minimum Gasteiger partial charge on any atom is -0.309 e. The Kier molecular flexibility index (Phi) is 3.37. The van der Waals surface area contributed by atoms with E-state index in [1.807, 2.05) is 13.1 Å². The van der Waals surface area contributed by atoms with Gasteiger partial charge in [-0.05, 0) is 25.1 Å². The average Bonchev–Trinajstić information content (AvgIpc) is 2.31. The van der Waals surface area contributed by atoms with Gasteiger partial charge < -0.3 is 5.32 Å². The Morgan fingerprint density at radius 1 is 0.875 bits per heavy atom. The van der Waals surface area contributed by atoms with Gasteiger partial charge in [-0.3, -0.25) is 0 Å². The summed E-state index contributed by atoms with van der Waals surface area (Å²) in [7, 11) is 2.00. The van der Waals surface area contributed by atoms with E-state index in [1.165, 1.54) is 16.7 Å². The van der Waals surface area contributed by atoms with Gasteiger partial charge in [0.15, 0.2) is 0 Å². The lowest BCUT2D eigenvalue weighted by atomic mass is 9.98. The zero-order valence-corrected chi connectivity index (χ0v) is 9.77. The molecule has 0 radical (unpaired) electrons. The minimum atomic E-state index is 0.279. The molecule has 0 aliphatic rings. The molecule has 0 spiro atoms. The van der Waals surface area contributed by atoms with Gasteiger partial charge in [0, 0.05) is 0 Å². The first-order chi connectivity index (χ1) is 7.81. The van der Waals surface area contributed by atoms with Crippen LogP contribution in [0.3, 0.4) is 0 Å². The normalized spacial score (nSPS) is 12.4. The molecule has 2 aromatic carbocycles. The van der Waals surface area contributed by atoms with Crippen LogP contribution < -0.4 is 5.32 Å². The molecule has 1 nitrogen and oxygen atoms in total.